The van der Waals surface area contributed by atoms with Gasteiger partial charge in [-0.05, 0) is 42.2 Å². The molecule has 7 nitrogen and oxygen atoms in total. The van der Waals surface area contributed by atoms with Crippen LogP contribution in [0.5, 0.6) is 0 Å². The molecule has 4 aromatic rings. The van der Waals surface area contributed by atoms with Gasteiger partial charge in [0, 0.05) is 49.1 Å². The van der Waals surface area contributed by atoms with E-state index in [1.165, 1.54) is 0 Å². The lowest BCUT2D eigenvalue weighted by Crippen LogP contribution is -2.32. The van der Waals surface area contributed by atoms with Gasteiger partial charge in [0.15, 0.2) is 4.96 Å². The number of thiazole rings is 1. The number of piperidine rings is 1. The average molecular weight is 432 g/mol. The van der Waals surface area contributed by atoms with E-state index in [9.17, 15) is 9.59 Å². The number of nitrogens with zero attached hydrogens (tertiary/aromatic N) is 2. The minimum Gasteiger partial charge on any atom is -0.355 e. The molecule has 1 saturated heterocycles. The van der Waals surface area contributed by atoms with Crippen molar-refractivity contribution >= 4 is 38.3 Å². The van der Waals surface area contributed by atoms with Gasteiger partial charge >= 0.3 is 0 Å². The van der Waals surface area contributed by atoms with Gasteiger partial charge in [0.05, 0.1) is 15.9 Å². The summed E-state index contributed by atoms with van der Waals surface area (Å²) in [5.41, 5.74) is 4.16. The summed E-state index contributed by atoms with van der Waals surface area (Å²) in [4.78, 5) is 30.1. The molecule has 1 aliphatic heterocycles. The summed E-state index contributed by atoms with van der Waals surface area (Å²) in [6.45, 7) is 2.02. The second-order valence-corrected chi connectivity index (χ2v) is 9.21. The molecule has 2 fully saturated rings. The summed E-state index contributed by atoms with van der Waals surface area (Å²) < 4.78 is 3.09. The van der Waals surface area contributed by atoms with Crippen LogP contribution in [-0.2, 0) is 0 Å². The highest BCUT2D eigenvalue weighted by Gasteiger charge is 2.53. The van der Waals surface area contributed by atoms with Crippen molar-refractivity contribution in [2.45, 2.75) is 6.04 Å². The number of aromatic nitrogens is 2. The topological polar surface area (TPSA) is 87.5 Å². The SMILES string of the molecule is CNC(=O)c1ccc(-c2cn3c(n2)sc2cc(C(=O)NC4[C@H]5CNC[C@@H]45)ccc23)cc1. The second kappa shape index (κ2) is 6.90. The van der Waals surface area contributed by atoms with Crippen LogP contribution in [0.15, 0.2) is 48.7 Å². The number of benzene rings is 2. The van der Waals surface area contributed by atoms with Gasteiger partial charge in [0.2, 0.25) is 0 Å². The fourth-order valence-electron chi connectivity index (χ4n) is 4.59. The van der Waals surface area contributed by atoms with E-state index < -0.39 is 0 Å². The lowest BCUT2D eigenvalue weighted by Gasteiger charge is -2.07. The molecule has 1 saturated carbocycles. The fourth-order valence-corrected chi connectivity index (χ4v) is 5.63. The molecule has 0 spiro atoms. The Morgan fingerprint density at radius 2 is 1.81 bits per heavy atom. The molecule has 2 aromatic heterocycles. The Bertz CT molecular complexity index is 1330. The molecule has 2 aliphatic rings. The third kappa shape index (κ3) is 3.02. The Morgan fingerprint density at radius 3 is 2.55 bits per heavy atom. The van der Waals surface area contributed by atoms with Crippen LogP contribution in [0.4, 0.5) is 0 Å². The molecule has 1 aliphatic carbocycles. The Hall–Kier alpha value is -3.23. The Balaban J connectivity index is 1.26. The van der Waals surface area contributed by atoms with Gasteiger partial charge in [-0.2, -0.15) is 0 Å². The van der Waals surface area contributed by atoms with Crippen molar-refractivity contribution < 1.29 is 9.59 Å². The van der Waals surface area contributed by atoms with Gasteiger partial charge in [-0.3, -0.25) is 14.0 Å². The Kier molecular flexibility index (Phi) is 4.12. The quantitative estimate of drug-likeness (QED) is 0.463. The second-order valence-electron chi connectivity index (χ2n) is 8.20. The number of carbonyl (C=O) groups is 2. The van der Waals surface area contributed by atoms with Crippen LogP contribution in [0.25, 0.3) is 26.4 Å². The molecule has 3 heterocycles. The van der Waals surface area contributed by atoms with Crippen molar-refractivity contribution in [3.05, 3.63) is 59.8 Å². The van der Waals surface area contributed by atoms with Gasteiger partial charge in [0.1, 0.15) is 0 Å². The van der Waals surface area contributed by atoms with Crippen LogP contribution in [-0.4, -0.2) is 47.4 Å². The molecule has 2 aromatic carbocycles. The van der Waals surface area contributed by atoms with Crippen LogP contribution in [0.1, 0.15) is 20.7 Å². The largest absolute Gasteiger partial charge is 0.355 e. The van der Waals surface area contributed by atoms with Gasteiger partial charge in [-0.15, -0.1) is 0 Å². The first-order chi connectivity index (χ1) is 15.1. The summed E-state index contributed by atoms with van der Waals surface area (Å²) in [5, 5.41) is 9.16. The van der Waals surface area contributed by atoms with E-state index in [4.69, 9.17) is 4.98 Å². The first-order valence-electron chi connectivity index (χ1n) is 10.4. The van der Waals surface area contributed by atoms with Gasteiger partial charge in [-0.25, -0.2) is 4.98 Å². The number of imidazole rings is 1. The summed E-state index contributed by atoms with van der Waals surface area (Å²) in [7, 11) is 1.62. The average Bonchev–Trinajstić information content (AvgIpc) is 3.21. The summed E-state index contributed by atoms with van der Waals surface area (Å²) in [5.74, 6) is 1.09. The smallest absolute Gasteiger partial charge is 0.251 e. The van der Waals surface area contributed by atoms with Crippen LogP contribution >= 0.6 is 11.3 Å². The molecule has 6 rings (SSSR count). The molecule has 0 bridgehead atoms. The van der Waals surface area contributed by atoms with E-state index in [1.54, 1.807) is 30.5 Å². The predicted molar refractivity (Wildman–Crippen MR) is 121 cm³/mol. The summed E-state index contributed by atoms with van der Waals surface area (Å²) >= 11 is 1.57. The molecule has 2 amide bonds. The number of hydrogen-bond acceptors (Lipinski definition) is 5. The molecule has 0 radical (unpaired) electrons. The normalized spacial score (nSPS) is 21.9. The maximum absolute atomic E-state index is 12.7. The van der Waals surface area contributed by atoms with Gasteiger partial charge in [-0.1, -0.05) is 23.5 Å². The molecule has 1 unspecified atom stereocenters. The fraction of sp³-hybridized carbons (Fsp3) is 0.261. The van der Waals surface area contributed by atoms with Crippen LogP contribution in [0, 0.1) is 11.8 Å². The minimum absolute atomic E-state index is 0.00392. The maximum atomic E-state index is 12.7. The standard InChI is InChI=1S/C23H21N5O2S/c1-24-21(29)13-4-2-12(3-5-13)17-11-28-18-7-6-14(8-19(18)31-23(28)26-17)22(30)27-20-15-9-25-10-16(15)20/h2-8,11,15-16,20,25H,9-10H2,1H3,(H,24,29)(H,27,30)/t15-,16+,20?. The van der Waals surface area contributed by atoms with Crippen molar-refractivity contribution in [2.75, 3.05) is 20.1 Å². The van der Waals surface area contributed by atoms with Gasteiger partial charge in [0.25, 0.3) is 11.8 Å². The van der Waals surface area contributed by atoms with Crippen LogP contribution in [0.3, 0.4) is 0 Å². The van der Waals surface area contributed by atoms with E-state index in [-0.39, 0.29) is 11.8 Å². The minimum atomic E-state index is -0.107. The zero-order valence-electron chi connectivity index (χ0n) is 16.9. The Morgan fingerprint density at radius 1 is 1.06 bits per heavy atom. The number of rotatable bonds is 4. The molecule has 31 heavy (non-hydrogen) atoms. The third-order valence-electron chi connectivity index (χ3n) is 6.42. The molecule has 3 atom stereocenters. The third-order valence-corrected chi connectivity index (χ3v) is 7.43. The van der Waals surface area contributed by atoms with E-state index in [1.807, 2.05) is 36.5 Å². The van der Waals surface area contributed by atoms with Crippen LogP contribution < -0.4 is 16.0 Å². The number of hydrogen-bond donors (Lipinski definition) is 3. The zero-order valence-corrected chi connectivity index (χ0v) is 17.7. The number of amides is 2. The highest BCUT2D eigenvalue weighted by molar-refractivity contribution is 7.23. The van der Waals surface area contributed by atoms with Crippen molar-refractivity contribution in [3.8, 4) is 11.3 Å². The van der Waals surface area contributed by atoms with Crippen molar-refractivity contribution in [1.82, 2.24) is 25.3 Å². The van der Waals surface area contributed by atoms with E-state index in [0.29, 0.717) is 29.0 Å². The Labute approximate surface area is 182 Å². The molecular formula is C23H21N5O2S. The van der Waals surface area contributed by atoms with Crippen molar-refractivity contribution in [1.29, 1.82) is 0 Å². The lowest BCUT2D eigenvalue weighted by atomic mass is 10.1. The van der Waals surface area contributed by atoms with E-state index in [2.05, 4.69) is 20.4 Å². The lowest BCUT2D eigenvalue weighted by molar-refractivity contribution is 0.0943. The maximum Gasteiger partial charge on any atom is 0.251 e. The van der Waals surface area contributed by atoms with Crippen LogP contribution in [0.2, 0.25) is 0 Å². The van der Waals surface area contributed by atoms with Crippen molar-refractivity contribution in [3.63, 3.8) is 0 Å². The highest BCUT2D eigenvalue weighted by atomic mass is 32.1. The first kappa shape index (κ1) is 18.5. The molecule has 3 N–H and O–H groups in total. The van der Waals surface area contributed by atoms with Gasteiger partial charge < -0.3 is 16.0 Å². The summed E-state index contributed by atoms with van der Waals surface area (Å²) in [6, 6.07) is 13.6. The van der Waals surface area contributed by atoms with Crippen molar-refractivity contribution in [2.24, 2.45) is 11.8 Å². The number of carbonyl (C=O) groups excluding carboxylic acids is 2. The van der Waals surface area contributed by atoms with E-state index in [0.717, 1.165) is 39.5 Å². The molecule has 8 heteroatoms. The molecular weight excluding hydrogens is 410 g/mol. The summed E-state index contributed by atoms with van der Waals surface area (Å²) in [6.07, 6.45) is 2.00. The first-order valence-corrected chi connectivity index (χ1v) is 11.2. The molecule has 156 valence electrons. The highest BCUT2D eigenvalue weighted by Crippen LogP contribution is 2.41. The monoisotopic (exact) mass is 431 g/mol. The van der Waals surface area contributed by atoms with E-state index >= 15 is 0 Å². The predicted octanol–water partition coefficient (Wildman–Crippen LogP) is 2.52. The zero-order chi connectivity index (χ0) is 21.1. The number of nitrogens with one attached hydrogen (secondary N) is 3. The number of fused-ring (bicyclic) bond motifs is 4.